The lowest BCUT2D eigenvalue weighted by Gasteiger charge is -2.03. The zero-order chi connectivity index (χ0) is 11.5. The molecule has 2 aromatic rings. The quantitative estimate of drug-likeness (QED) is 0.812. The topological polar surface area (TPSA) is 34.9 Å². The smallest absolute Gasteiger partial charge is 0.238 e. The molecule has 0 aromatic carbocycles. The minimum atomic E-state index is -0.00542. The number of imidazole rings is 1. The number of nitrogens with zero attached hydrogens (tertiary/aromatic N) is 2. The summed E-state index contributed by atoms with van der Waals surface area (Å²) in [5.41, 5.74) is 0. The SMILES string of the molecule is CCCn1ccnc1C(=O)c1cc(Br)cs1. The van der Waals surface area contributed by atoms with Crippen molar-refractivity contribution in [3.05, 3.63) is 39.0 Å². The molecule has 16 heavy (non-hydrogen) atoms. The van der Waals surface area contributed by atoms with Crippen molar-refractivity contribution >= 4 is 33.0 Å². The van der Waals surface area contributed by atoms with Crippen molar-refractivity contribution in [2.24, 2.45) is 0 Å². The summed E-state index contributed by atoms with van der Waals surface area (Å²) in [6, 6.07) is 1.83. The fourth-order valence-corrected chi connectivity index (χ4v) is 2.84. The number of hydrogen-bond acceptors (Lipinski definition) is 3. The van der Waals surface area contributed by atoms with Crippen LogP contribution < -0.4 is 0 Å². The van der Waals surface area contributed by atoms with E-state index in [9.17, 15) is 4.79 Å². The van der Waals surface area contributed by atoms with E-state index in [4.69, 9.17) is 0 Å². The molecule has 0 radical (unpaired) electrons. The molecule has 2 aromatic heterocycles. The van der Waals surface area contributed by atoms with Gasteiger partial charge in [0.15, 0.2) is 5.82 Å². The molecule has 0 saturated heterocycles. The highest BCUT2D eigenvalue weighted by Gasteiger charge is 2.16. The second-order valence-electron chi connectivity index (χ2n) is 3.40. The van der Waals surface area contributed by atoms with Crippen LogP contribution in [0.25, 0.3) is 0 Å². The van der Waals surface area contributed by atoms with Gasteiger partial charge in [0.1, 0.15) is 0 Å². The maximum absolute atomic E-state index is 12.1. The van der Waals surface area contributed by atoms with Gasteiger partial charge in [-0.3, -0.25) is 4.79 Å². The first kappa shape index (κ1) is 11.5. The Morgan fingerprint density at radius 2 is 2.44 bits per heavy atom. The third kappa shape index (κ3) is 2.25. The van der Waals surface area contributed by atoms with Crippen molar-refractivity contribution in [3.63, 3.8) is 0 Å². The van der Waals surface area contributed by atoms with E-state index >= 15 is 0 Å². The van der Waals surface area contributed by atoms with E-state index in [1.807, 2.05) is 22.2 Å². The number of aryl methyl sites for hydroxylation is 1. The van der Waals surface area contributed by atoms with Crippen LogP contribution in [0, 0.1) is 0 Å². The van der Waals surface area contributed by atoms with Crippen LogP contribution in [0.2, 0.25) is 0 Å². The van der Waals surface area contributed by atoms with Gasteiger partial charge in [-0.15, -0.1) is 11.3 Å². The minimum Gasteiger partial charge on any atom is -0.328 e. The van der Waals surface area contributed by atoms with E-state index < -0.39 is 0 Å². The van der Waals surface area contributed by atoms with Crippen LogP contribution in [-0.2, 0) is 6.54 Å². The average molecular weight is 299 g/mol. The highest BCUT2D eigenvalue weighted by Crippen LogP contribution is 2.22. The Labute approximate surface area is 106 Å². The summed E-state index contributed by atoms with van der Waals surface area (Å²) >= 11 is 4.78. The summed E-state index contributed by atoms with van der Waals surface area (Å²) in [6.07, 6.45) is 4.51. The van der Waals surface area contributed by atoms with Crippen molar-refractivity contribution in [2.45, 2.75) is 19.9 Å². The number of thiophene rings is 1. The number of rotatable bonds is 4. The summed E-state index contributed by atoms with van der Waals surface area (Å²) in [7, 11) is 0. The Kier molecular flexibility index (Phi) is 3.56. The molecule has 0 saturated carbocycles. The van der Waals surface area contributed by atoms with Gasteiger partial charge in [-0.2, -0.15) is 0 Å². The third-order valence-corrected chi connectivity index (χ3v) is 3.86. The van der Waals surface area contributed by atoms with Crippen molar-refractivity contribution in [3.8, 4) is 0 Å². The summed E-state index contributed by atoms with van der Waals surface area (Å²) in [6.45, 7) is 2.91. The molecule has 2 heterocycles. The van der Waals surface area contributed by atoms with Crippen LogP contribution in [0.5, 0.6) is 0 Å². The fraction of sp³-hybridized carbons (Fsp3) is 0.273. The van der Waals surface area contributed by atoms with E-state index in [2.05, 4.69) is 27.8 Å². The van der Waals surface area contributed by atoms with Gasteiger partial charge in [0.25, 0.3) is 0 Å². The number of ketones is 1. The van der Waals surface area contributed by atoms with Crippen molar-refractivity contribution in [1.82, 2.24) is 9.55 Å². The van der Waals surface area contributed by atoms with E-state index in [0.717, 1.165) is 22.3 Å². The molecule has 2 rings (SSSR count). The Morgan fingerprint density at radius 3 is 3.06 bits per heavy atom. The molecule has 0 bridgehead atoms. The summed E-state index contributed by atoms with van der Waals surface area (Å²) in [4.78, 5) is 17.0. The highest BCUT2D eigenvalue weighted by atomic mass is 79.9. The lowest BCUT2D eigenvalue weighted by molar-refractivity contribution is 0.102. The summed E-state index contributed by atoms with van der Waals surface area (Å²) in [5.74, 6) is 0.519. The third-order valence-electron chi connectivity index (χ3n) is 2.17. The molecule has 0 fully saturated rings. The predicted octanol–water partition coefficient (Wildman–Crippen LogP) is 3.35. The summed E-state index contributed by atoms with van der Waals surface area (Å²) in [5, 5.41) is 1.90. The predicted molar refractivity (Wildman–Crippen MR) is 68.0 cm³/mol. The molecule has 0 amide bonds. The van der Waals surface area contributed by atoms with E-state index in [1.165, 1.54) is 11.3 Å². The number of carbonyl (C=O) groups is 1. The number of carbonyl (C=O) groups excluding carboxylic acids is 1. The van der Waals surface area contributed by atoms with Gasteiger partial charge in [0.05, 0.1) is 4.88 Å². The molecular formula is C11H11BrN2OS. The molecule has 84 valence electrons. The number of halogens is 1. The van der Waals surface area contributed by atoms with Crippen LogP contribution >= 0.6 is 27.3 Å². The maximum atomic E-state index is 12.1. The normalized spacial score (nSPS) is 10.6. The molecular weight excluding hydrogens is 288 g/mol. The van der Waals surface area contributed by atoms with Gasteiger partial charge < -0.3 is 4.57 Å². The van der Waals surface area contributed by atoms with Gasteiger partial charge in [-0.05, 0) is 28.4 Å². The molecule has 0 atom stereocenters. The standard InChI is InChI=1S/C11H11BrN2OS/c1-2-4-14-5-3-13-11(14)10(15)9-6-8(12)7-16-9/h3,5-7H,2,4H2,1H3. The Morgan fingerprint density at radius 1 is 1.62 bits per heavy atom. The molecule has 3 nitrogen and oxygen atoms in total. The van der Waals surface area contributed by atoms with Crippen LogP contribution in [0.3, 0.4) is 0 Å². The Hall–Kier alpha value is -0.940. The van der Waals surface area contributed by atoms with E-state index in [0.29, 0.717) is 5.82 Å². The molecule has 0 aliphatic heterocycles. The zero-order valence-corrected chi connectivity index (χ0v) is 11.2. The van der Waals surface area contributed by atoms with Crippen LogP contribution in [-0.4, -0.2) is 15.3 Å². The number of hydrogen-bond donors (Lipinski definition) is 0. The molecule has 0 spiro atoms. The second-order valence-corrected chi connectivity index (χ2v) is 5.23. The molecule has 0 aliphatic rings. The first-order valence-corrected chi connectivity index (χ1v) is 6.69. The van der Waals surface area contributed by atoms with Crippen molar-refractivity contribution in [2.75, 3.05) is 0 Å². The Bertz CT molecular complexity index is 504. The maximum Gasteiger partial charge on any atom is 0.238 e. The van der Waals surface area contributed by atoms with Crippen LogP contribution in [0.15, 0.2) is 28.3 Å². The van der Waals surface area contributed by atoms with Gasteiger partial charge in [0, 0.05) is 28.8 Å². The molecule has 0 unspecified atom stereocenters. The minimum absolute atomic E-state index is 0.00542. The highest BCUT2D eigenvalue weighted by molar-refractivity contribution is 9.10. The van der Waals surface area contributed by atoms with Gasteiger partial charge in [-0.25, -0.2) is 4.98 Å². The van der Waals surface area contributed by atoms with E-state index in [-0.39, 0.29) is 5.78 Å². The fourth-order valence-electron chi connectivity index (χ4n) is 1.48. The van der Waals surface area contributed by atoms with Crippen molar-refractivity contribution in [1.29, 1.82) is 0 Å². The average Bonchev–Trinajstić information content (AvgIpc) is 2.87. The first-order valence-electron chi connectivity index (χ1n) is 5.02. The monoisotopic (exact) mass is 298 g/mol. The lowest BCUT2D eigenvalue weighted by Crippen LogP contribution is -2.09. The van der Waals surface area contributed by atoms with Gasteiger partial charge in [0.2, 0.25) is 5.78 Å². The number of aromatic nitrogens is 2. The van der Waals surface area contributed by atoms with Crippen LogP contribution in [0.1, 0.15) is 28.8 Å². The van der Waals surface area contributed by atoms with Crippen molar-refractivity contribution < 1.29 is 4.79 Å². The largest absolute Gasteiger partial charge is 0.328 e. The second kappa shape index (κ2) is 4.93. The lowest BCUT2D eigenvalue weighted by atomic mass is 10.3. The molecule has 0 aliphatic carbocycles. The van der Waals surface area contributed by atoms with Gasteiger partial charge >= 0.3 is 0 Å². The molecule has 0 N–H and O–H groups in total. The van der Waals surface area contributed by atoms with Gasteiger partial charge in [-0.1, -0.05) is 6.92 Å². The summed E-state index contributed by atoms with van der Waals surface area (Å²) < 4.78 is 2.84. The Balaban J connectivity index is 2.30. The van der Waals surface area contributed by atoms with Crippen LogP contribution in [0.4, 0.5) is 0 Å². The zero-order valence-electron chi connectivity index (χ0n) is 8.81. The first-order chi connectivity index (χ1) is 7.72. The van der Waals surface area contributed by atoms with E-state index in [1.54, 1.807) is 6.20 Å². The molecule has 5 heteroatoms.